The summed E-state index contributed by atoms with van der Waals surface area (Å²) in [5.74, 6) is 0.605. The van der Waals surface area contributed by atoms with Crippen LogP contribution in [0.1, 0.15) is 26.7 Å². The van der Waals surface area contributed by atoms with Crippen LogP contribution in [0, 0.1) is 0 Å². The Balaban J connectivity index is 1.42. The fraction of sp³-hybridized carbons (Fsp3) is 0.125. The molecule has 0 aliphatic carbocycles. The molecular formula is C40H37N3O7S. The summed E-state index contributed by atoms with van der Waals surface area (Å²) in [6.07, 6.45) is 1.53. The number of thioether (sulfide) groups is 1. The van der Waals surface area contributed by atoms with Gasteiger partial charge in [0.25, 0.3) is 11.8 Å². The Hall–Kier alpha value is -6.20. The molecule has 0 aliphatic rings. The highest BCUT2D eigenvalue weighted by Crippen LogP contribution is 2.39. The van der Waals surface area contributed by atoms with Crippen LogP contribution in [0.15, 0.2) is 132 Å². The Kier molecular flexibility index (Phi) is 12.4. The summed E-state index contributed by atoms with van der Waals surface area (Å²) in [4.78, 5) is 41.6. The lowest BCUT2D eigenvalue weighted by atomic mass is 10.1. The lowest BCUT2D eigenvalue weighted by molar-refractivity contribution is -0.116. The predicted molar refractivity (Wildman–Crippen MR) is 200 cm³/mol. The van der Waals surface area contributed by atoms with E-state index in [2.05, 4.69) is 16.0 Å². The smallest absolute Gasteiger partial charge is 0.272 e. The Labute approximate surface area is 300 Å². The molecule has 0 fully saturated rings. The van der Waals surface area contributed by atoms with E-state index in [1.54, 1.807) is 92.0 Å². The topological polar surface area (TPSA) is 124 Å². The van der Waals surface area contributed by atoms with Crippen LogP contribution in [0.4, 0.5) is 11.4 Å². The molecule has 0 heterocycles. The van der Waals surface area contributed by atoms with E-state index in [0.717, 1.165) is 5.56 Å². The van der Waals surface area contributed by atoms with E-state index in [1.807, 2.05) is 36.4 Å². The standard InChI is InChI=1S/C40H37N3O7S/c1-47-30-21-22-32(35(25-30)49-3)42-40(46)37(26-13-7-5-8-14-26)51-31-19-12-18-29(24-31)41-39(45)33(43-38(44)27-15-9-6-10-16-27)23-28-17-11-20-34(48-2)36(28)50-4/h5-25,37H,1-4H3,(H,41,45)(H,42,46)(H,43,44)/b33-23+. The first-order valence-electron chi connectivity index (χ1n) is 15.8. The minimum absolute atomic E-state index is 0.0246. The fourth-order valence-corrected chi connectivity index (χ4v) is 6.19. The number of ether oxygens (including phenoxy) is 4. The van der Waals surface area contributed by atoms with Crippen molar-refractivity contribution in [2.75, 3.05) is 39.1 Å². The molecule has 0 radical (unpaired) electrons. The first-order chi connectivity index (χ1) is 24.8. The molecule has 0 aliphatic heterocycles. The maximum atomic E-state index is 13.9. The van der Waals surface area contributed by atoms with Gasteiger partial charge in [-0.05, 0) is 60.2 Å². The van der Waals surface area contributed by atoms with E-state index in [0.29, 0.717) is 50.4 Å². The third-order valence-electron chi connectivity index (χ3n) is 7.61. The van der Waals surface area contributed by atoms with Crippen LogP contribution < -0.4 is 34.9 Å². The molecule has 0 saturated carbocycles. The highest BCUT2D eigenvalue weighted by Gasteiger charge is 2.24. The van der Waals surface area contributed by atoms with Gasteiger partial charge in [-0.3, -0.25) is 14.4 Å². The monoisotopic (exact) mass is 703 g/mol. The van der Waals surface area contributed by atoms with Gasteiger partial charge in [-0.1, -0.05) is 66.7 Å². The van der Waals surface area contributed by atoms with E-state index in [-0.39, 0.29) is 11.6 Å². The zero-order valence-corrected chi connectivity index (χ0v) is 29.3. The SMILES string of the molecule is COc1ccc(NC(=O)C(Sc2cccc(NC(=O)/C(=C\c3cccc(OC)c3OC)NC(=O)c3ccccc3)c2)c2ccccc2)c(OC)c1. The molecule has 10 nitrogen and oxygen atoms in total. The molecule has 0 saturated heterocycles. The van der Waals surface area contributed by atoms with Gasteiger partial charge in [0, 0.05) is 27.8 Å². The van der Waals surface area contributed by atoms with Crippen LogP contribution in [0.5, 0.6) is 23.0 Å². The van der Waals surface area contributed by atoms with Gasteiger partial charge in [-0.25, -0.2) is 0 Å². The molecule has 3 N–H and O–H groups in total. The van der Waals surface area contributed by atoms with Gasteiger partial charge >= 0.3 is 0 Å². The number of carbonyl (C=O) groups excluding carboxylic acids is 3. The van der Waals surface area contributed by atoms with Gasteiger partial charge in [-0.2, -0.15) is 0 Å². The number of hydrogen-bond donors (Lipinski definition) is 3. The van der Waals surface area contributed by atoms with Gasteiger partial charge in [0.05, 0.1) is 34.1 Å². The average Bonchev–Trinajstić information content (AvgIpc) is 3.17. The molecule has 11 heteroatoms. The first-order valence-corrected chi connectivity index (χ1v) is 16.7. The van der Waals surface area contributed by atoms with Gasteiger partial charge in [0.15, 0.2) is 11.5 Å². The molecule has 3 amide bonds. The Morgan fingerprint density at radius 3 is 2.06 bits per heavy atom. The van der Waals surface area contributed by atoms with E-state index in [9.17, 15) is 14.4 Å². The van der Waals surface area contributed by atoms with Gasteiger partial charge in [-0.15, -0.1) is 11.8 Å². The molecule has 1 atom stereocenters. The van der Waals surface area contributed by atoms with Crippen LogP contribution in [0.25, 0.3) is 6.08 Å². The summed E-state index contributed by atoms with van der Waals surface area (Å²) in [6, 6.07) is 35.5. The van der Waals surface area contributed by atoms with Crippen LogP contribution in [0.3, 0.4) is 0 Å². The van der Waals surface area contributed by atoms with Crippen molar-refractivity contribution in [1.82, 2.24) is 5.32 Å². The molecule has 0 bridgehead atoms. The van der Waals surface area contributed by atoms with E-state index in [4.69, 9.17) is 18.9 Å². The third kappa shape index (κ3) is 9.28. The largest absolute Gasteiger partial charge is 0.497 e. The van der Waals surface area contributed by atoms with Gasteiger partial charge in [0.1, 0.15) is 22.4 Å². The fourth-order valence-electron chi connectivity index (χ4n) is 5.11. The van der Waals surface area contributed by atoms with E-state index in [1.165, 1.54) is 39.2 Å². The molecular weight excluding hydrogens is 667 g/mol. The number of methoxy groups -OCH3 is 4. The average molecular weight is 704 g/mol. The summed E-state index contributed by atoms with van der Waals surface area (Å²) < 4.78 is 21.8. The summed E-state index contributed by atoms with van der Waals surface area (Å²) in [5, 5.41) is 7.98. The summed E-state index contributed by atoms with van der Waals surface area (Å²) in [5.41, 5.74) is 2.60. The summed E-state index contributed by atoms with van der Waals surface area (Å²) in [7, 11) is 6.09. The predicted octanol–water partition coefficient (Wildman–Crippen LogP) is 7.60. The second kappa shape index (κ2) is 17.5. The molecule has 51 heavy (non-hydrogen) atoms. The van der Waals surface area contributed by atoms with E-state index < -0.39 is 17.1 Å². The quantitative estimate of drug-likeness (QED) is 0.0798. The lowest BCUT2D eigenvalue weighted by Gasteiger charge is -2.19. The molecule has 260 valence electrons. The molecule has 5 rings (SSSR count). The number of anilines is 2. The molecule has 0 aromatic heterocycles. The molecule has 5 aromatic carbocycles. The van der Waals surface area contributed by atoms with E-state index >= 15 is 0 Å². The van der Waals surface area contributed by atoms with Crippen molar-refractivity contribution in [3.05, 3.63) is 144 Å². The van der Waals surface area contributed by atoms with Crippen LogP contribution in [-0.4, -0.2) is 46.2 Å². The lowest BCUT2D eigenvalue weighted by Crippen LogP contribution is -2.30. The number of benzene rings is 5. The molecule has 1 unspecified atom stereocenters. The Morgan fingerprint density at radius 2 is 1.37 bits per heavy atom. The second-order valence-corrected chi connectivity index (χ2v) is 12.1. The second-order valence-electron chi connectivity index (χ2n) is 10.9. The Bertz CT molecular complexity index is 2020. The van der Waals surface area contributed by atoms with Crippen molar-refractivity contribution < 1.29 is 33.3 Å². The number of carbonyl (C=O) groups is 3. The minimum atomic E-state index is -0.662. The highest BCUT2D eigenvalue weighted by molar-refractivity contribution is 8.00. The van der Waals surface area contributed by atoms with Crippen LogP contribution in [-0.2, 0) is 9.59 Å². The Morgan fingerprint density at radius 1 is 0.667 bits per heavy atom. The zero-order valence-electron chi connectivity index (χ0n) is 28.5. The first kappa shape index (κ1) is 36.1. The minimum Gasteiger partial charge on any atom is -0.497 e. The molecule has 0 spiro atoms. The maximum absolute atomic E-state index is 13.9. The third-order valence-corrected chi connectivity index (χ3v) is 8.86. The summed E-state index contributed by atoms with van der Waals surface area (Å²) in [6.45, 7) is 0. The number of para-hydroxylation sites is 1. The number of nitrogens with one attached hydrogen (secondary N) is 3. The molecule has 5 aromatic rings. The summed E-state index contributed by atoms with van der Waals surface area (Å²) >= 11 is 1.32. The zero-order chi connectivity index (χ0) is 36.2. The van der Waals surface area contributed by atoms with Crippen molar-refractivity contribution in [2.24, 2.45) is 0 Å². The van der Waals surface area contributed by atoms with Crippen LogP contribution >= 0.6 is 11.8 Å². The van der Waals surface area contributed by atoms with Crippen molar-refractivity contribution >= 4 is 46.9 Å². The van der Waals surface area contributed by atoms with Crippen molar-refractivity contribution in [3.8, 4) is 23.0 Å². The van der Waals surface area contributed by atoms with Crippen molar-refractivity contribution in [3.63, 3.8) is 0 Å². The van der Waals surface area contributed by atoms with Crippen LogP contribution in [0.2, 0.25) is 0 Å². The maximum Gasteiger partial charge on any atom is 0.272 e. The number of amides is 3. The van der Waals surface area contributed by atoms with Gasteiger partial charge in [0.2, 0.25) is 5.91 Å². The van der Waals surface area contributed by atoms with Crippen molar-refractivity contribution in [1.29, 1.82) is 0 Å². The highest BCUT2D eigenvalue weighted by atomic mass is 32.2. The normalized spacial score (nSPS) is 11.5. The number of rotatable bonds is 14. The number of hydrogen-bond acceptors (Lipinski definition) is 8. The van der Waals surface area contributed by atoms with Crippen molar-refractivity contribution in [2.45, 2.75) is 10.1 Å². The van der Waals surface area contributed by atoms with Gasteiger partial charge < -0.3 is 34.9 Å².